The number of hydrogen-bond donors (Lipinski definition) is 0. The van der Waals surface area contributed by atoms with E-state index >= 15 is 0 Å². The van der Waals surface area contributed by atoms with E-state index in [1.54, 1.807) is 12.1 Å². The number of halogens is 3. The zero-order chi connectivity index (χ0) is 13.1. The lowest BCUT2D eigenvalue weighted by atomic mass is 10.0. The Bertz CT molecular complexity index is 535. The molecule has 18 heavy (non-hydrogen) atoms. The first-order valence-corrected chi connectivity index (χ1v) is 7.51. The van der Waals surface area contributed by atoms with Gasteiger partial charge in [0.25, 0.3) is 0 Å². The number of rotatable bonds is 3. The molecule has 0 aliphatic carbocycles. The molecule has 0 heterocycles. The van der Waals surface area contributed by atoms with Crippen molar-refractivity contribution < 1.29 is 4.39 Å². The third kappa shape index (κ3) is 2.83. The van der Waals surface area contributed by atoms with Gasteiger partial charge >= 0.3 is 0 Å². The number of hydrogen-bond acceptors (Lipinski definition) is 0. The SMILES string of the molecule is CCc1ccc(C(Br)c2cccc(Br)c2F)cc1. The van der Waals surface area contributed by atoms with Gasteiger partial charge < -0.3 is 0 Å². The summed E-state index contributed by atoms with van der Waals surface area (Å²) in [4.78, 5) is -0.124. The maximum absolute atomic E-state index is 14.0. The summed E-state index contributed by atoms with van der Waals surface area (Å²) in [7, 11) is 0. The summed E-state index contributed by atoms with van der Waals surface area (Å²) in [6.07, 6.45) is 1.01. The Labute approximate surface area is 123 Å². The van der Waals surface area contributed by atoms with Crippen LogP contribution in [0.5, 0.6) is 0 Å². The molecule has 0 radical (unpaired) electrons. The van der Waals surface area contributed by atoms with E-state index in [-0.39, 0.29) is 10.6 Å². The second-order valence-electron chi connectivity index (χ2n) is 4.10. The highest BCUT2D eigenvalue weighted by Gasteiger charge is 2.16. The maximum atomic E-state index is 14.0. The largest absolute Gasteiger partial charge is 0.205 e. The predicted molar refractivity (Wildman–Crippen MR) is 80.7 cm³/mol. The van der Waals surface area contributed by atoms with Crippen molar-refractivity contribution in [1.29, 1.82) is 0 Å². The van der Waals surface area contributed by atoms with Crippen molar-refractivity contribution in [2.75, 3.05) is 0 Å². The van der Waals surface area contributed by atoms with E-state index in [0.717, 1.165) is 12.0 Å². The summed E-state index contributed by atoms with van der Waals surface area (Å²) < 4.78 is 14.5. The second-order valence-corrected chi connectivity index (χ2v) is 5.87. The lowest BCUT2D eigenvalue weighted by Gasteiger charge is -2.13. The summed E-state index contributed by atoms with van der Waals surface area (Å²) in [6.45, 7) is 2.12. The summed E-state index contributed by atoms with van der Waals surface area (Å²) in [5, 5.41) is 0. The molecule has 0 spiro atoms. The van der Waals surface area contributed by atoms with Crippen molar-refractivity contribution in [1.82, 2.24) is 0 Å². The molecule has 3 heteroatoms. The number of aryl methyl sites for hydroxylation is 1. The molecule has 0 fully saturated rings. The van der Waals surface area contributed by atoms with Gasteiger partial charge in [-0.2, -0.15) is 0 Å². The van der Waals surface area contributed by atoms with E-state index in [0.29, 0.717) is 10.0 Å². The van der Waals surface area contributed by atoms with E-state index in [4.69, 9.17) is 0 Å². The highest BCUT2D eigenvalue weighted by molar-refractivity contribution is 9.10. The van der Waals surface area contributed by atoms with Gasteiger partial charge in [-0.3, -0.25) is 0 Å². The average molecular weight is 372 g/mol. The number of benzene rings is 2. The van der Waals surface area contributed by atoms with Crippen LogP contribution in [0, 0.1) is 5.82 Å². The molecule has 0 bridgehead atoms. The summed E-state index contributed by atoms with van der Waals surface area (Å²) in [6, 6.07) is 13.6. The van der Waals surface area contributed by atoms with Crippen molar-refractivity contribution in [2.45, 2.75) is 18.2 Å². The molecule has 0 nitrogen and oxygen atoms in total. The Morgan fingerprint density at radius 2 is 1.78 bits per heavy atom. The van der Waals surface area contributed by atoms with E-state index in [1.807, 2.05) is 18.2 Å². The fourth-order valence-corrected chi connectivity index (χ4v) is 2.86. The van der Waals surface area contributed by atoms with Crippen LogP contribution < -0.4 is 0 Å². The molecule has 0 saturated heterocycles. The molecule has 2 aromatic carbocycles. The molecule has 0 aliphatic heterocycles. The third-order valence-electron chi connectivity index (χ3n) is 2.94. The van der Waals surface area contributed by atoms with Crippen LogP contribution in [-0.4, -0.2) is 0 Å². The molecule has 1 unspecified atom stereocenters. The zero-order valence-electron chi connectivity index (χ0n) is 9.96. The highest BCUT2D eigenvalue weighted by atomic mass is 79.9. The van der Waals surface area contributed by atoms with Crippen LogP contribution in [0.2, 0.25) is 0 Å². The van der Waals surface area contributed by atoms with Crippen molar-refractivity contribution in [2.24, 2.45) is 0 Å². The second kappa shape index (κ2) is 5.98. The minimum absolute atomic E-state index is 0.124. The Balaban J connectivity index is 2.35. The van der Waals surface area contributed by atoms with Gasteiger partial charge in [-0.25, -0.2) is 4.39 Å². The van der Waals surface area contributed by atoms with Crippen molar-refractivity contribution in [3.8, 4) is 0 Å². The third-order valence-corrected chi connectivity index (χ3v) is 4.57. The van der Waals surface area contributed by atoms with Crippen LogP contribution in [0.25, 0.3) is 0 Å². The van der Waals surface area contributed by atoms with Crippen molar-refractivity contribution in [3.05, 3.63) is 69.4 Å². The first-order valence-electron chi connectivity index (χ1n) is 5.80. The van der Waals surface area contributed by atoms with Gasteiger partial charge in [0.1, 0.15) is 5.82 Å². The minimum atomic E-state index is -0.209. The molecule has 0 aromatic heterocycles. The quantitative estimate of drug-likeness (QED) is 0.613. The van der Waals surface area contributed by atoms with E-state index in [2.05, 4.69) is 50.9 Å². The molecule has 0 N–H and O–H groups in total. The van der Waals surface area contributed by atoms with E-state index < -0.39 is 0 Å². The molecule has 1 atom stereocenters. The Kier molecular flexibility index (Phi) is 4.57. The van der Waals surface area contributed by atoms with Gasteiger partial charge in [-0.05, 0) is 39.5 Å². The highest BCUT2D eigenvalue weighted by Crippen LogP contribution is 2.34. The standard InChI is InChI=1S/C15H13Br2F/c1-2-10-6-8-11(9-7-10)14(17)12-4-3-5-13(16)15(12)18/h3-9,14H,2H2,1H3. The Hall–Kier alpha value is -0.670. The Morgan fingerprint density at radius 1 is 1.11 bits per heavy atom. The van der Waals surface area contributed by atoms with E-state index in [1.165, 1.54) is 5.56 Å². The lowest BCUT2D eigenvalue weighted by Crippen LogP contribution is -1.97. The predicted octanol–water partition coefficient (Wildman–Crippen LogP) is 5.63. The fourth-order valence-electron chi connectivity index (χ4n) is 1.82. The van der Waals surface area contributed by atoms with Gasteiger partial charge in [-0.1, -0.05) is 59.3 Å². The molecule has 2 rings (SSSR count). The van der Waals surface area contributed by atoms with E-state index in [9.17, 15) is 4.39 Å². The van der Waals surface area contributed by atoms with Gasteiger partial charge in [0.2, 0.25) is 0 Å². The van der Waals surface area contributed by atoms with Gasteiger partial charge in [0.05, 0.1) is 9.30 Å². The molecule has 94 valence electrons. The smallest absolute Gasteiger partial charge is 0.142 e. The topological polar surface area (TPSA) is 0 Å². The van der Waals surface area contributed by atoms with Crippen LogP contribution in [0.3, 0.4) is 0 Å². The zero-order valence-corrected chi connectivity index (χ0v) is 13.1. The first kappa shape index (κ1) is 13.8. The van der Waals surface area contributed by atoms with Crippen molar-refractivity contribution >= 4 is 31.9 Å². The summed E-state index contributed by atoms with van der Waals surface area (Å²) >= 11 is 6.78. The maximum Gasteiger partial charge on any atom is 0.142 e. The normalized spacial score (nSPS) is 12.4. The molecular weight excluding hydrogens is 359 g/mol. The number of alkyl halides is 1. The lowest BCUT2D eigenvalue weighted by molar-refractivity contribution is 0.607. The van der Waals surface area contributed by atoms with Gasteiger partial charge in [0.15, 0.2) is 0 Å². The average Bonchev–Trinajstić information content (AvgIpc) is 2.41. The fraction of sp³-hybridized carbons (Fsp3) is 0.200. The van der Waals surface area contributed by atoms with Crippen LogP contribution in [-0.2, 0) is 6.42 Å². The van der Waals surface area contributed by atoms with Crippen LogP contribution >= 0.6 is 31.9 Å². The summed E-state index contributed by atoms with van der Waals surface area (Å²) in [5.74, 6) is -0.209. The summed E-state index contributed by atoms with van der Waals surface area (Å²) in [5.41, 5.74) is 2.99. The van der Waals surface area contributed by atoms with Gasteiger partial charge in [-0.15, -0.1) is 0 Å². The van der Waals surface area contributed by atoms with Crippen LogP contribution in [0.4, 0.5) is 4.39 Å². The molecular formula is C15H13Br2F. The van der Waals surface area contributed by atoms with Gasteiger partial charge in [0, 0.05) is 5.56 Å². The Morgan fingerprint density at radius 3 is 2.39 bits per heavy atom. The monoisotopic (exact) mass is 370 g/mol. The minimum Gasteiger partial charge on any atom is -0.205 e. The van der Waals surface area contributed by atoms with Crippen LogP contribution in [0.15, 0.2) is 46.9 Å². The molecule has 0 aliphatic rings. The molecule has 0 saturated carbocycles. The molecule has 0 amide bonds. The molecule has 2 aromatic rings. The van der Waals surface area contributed by atoms with Crippen molar-refractivity contribution in [3.63, 3.8) is 0 Å². The first-order chi connectivity index (χ1) is 8.63. The van der Waals surface area contributed by atoms with Crippen LogP contribution in [0.1, 0.15) is 28.4 Å².